The second-order valence-corrected chi connectivity index (χ2v) is 5.63. The van der Waals surface area contributed by atoms with Crippen molar-refractivity contribution in [3.8, 4) is 0 Å². The largest absolute Gasteiger partial charge is 0.334 e. The molecule has 1 aromatic rings. The van der Waals surface area contributed by atoms with Crippen LogP contribution in [0.2, 0.25) is 0 Å². The van der Waals surface area contributed by atoms with Gasteiger partial charge in [-0.1, -0.05) is 6.92 Å². The van der Waals surface area contributed by atoms with Crippen molar-refractivity contribution in [3.63, 3.8) is 0 Å². The van der Waals surface area contributed by atoms with Gasteiger partial charge < -0.3 is 10.2 Å². The van der Waals surface area contributed by atoms with Gasteiger partial charge in [0, 0.05) is 17.7 Å². The van der Waals surface area contributed by atoms with Crippen LogP contribution < -0.4 is 10.2 Å². The van der Waals surface area contributed by atoms with Crippen LogP contribution in [0.25, 0.3) is 0 Å². The Kier molecular flexibility index (Phi) is 5.06. The Labute approximate surface area is 118 Å². The molecule has 1 saturated heterocycles. The van der Waals surface area contributed by atoms with Gasteiger partial charge in [0.1, 0.15) is 0 Å². The van der Waals surface area contributed by atoms with E-state index < -0.39 is 11.6 Å². The molecule has 0 aromatic heterocycles. The van der Waals surface area contributed by atoms with Crippen molar-refractivity contribution in [2.24, 2.45) is 5.92 Å². The van der Waals surface area contributed by atoms with Gasteiger partial charge in [-0.05, 0) is 25.0 Å². The van der Waals surface area contributed by atoms with Crippen LogP contribution in [0.15, 0.2) is 18.2 Å². The first-order valence-corrected chi connectivity index (χ1v) is 7.13. The van der Waals surface area contributed by atoms with E-state index in [0.717, 1.165) is 31.8 Å². The summed E-state index contributed by atoms with van der Waals surface area (Å²) in [5, 5.41) is 2.60. The third kappa shape index (κ3) is 4.27. The van der Waals surface area contributed by atoms with Crippen molar-refractivity contribution in [1.29, 1.82) is 0 Å². The molecular weight excluding hydrogens is 262 g/mol. The lowest BCUT2D eigenvalue weighted by Gasteiger charge is -2.27. The summed E-state index contributed by atoms with van der Waals surface area (Å²) in [6.07, 6.45) is 2.88. The van der Waals surface area contributed by atoms with Crippen molar-refractivity contribution >= 4 is 11.6 Å². The van der Waals surface area contributed by atoms with Crippen LogP contribution in [0.1, 0.15) is 26.2 Å². The molecule has 5 heteroatoms. The van der Waals surface area contributed by atoms with Crippen molar-refractivity contribution in [1.82, 2.24) is 0 Å². The third-order valence-electron chi connectivity index (χ3n) is 3.77. The summed E-state index contributed by atoms with van der Waals surface area (Å²) in [7, 11) is 0. The quantitative estimate of drug-likeness (QED) is 0.865. The van der Waals surface area contributed by atoms with E-state index in [-0.39, 0.29) is 5.91 Å². The summed E-state index contributed by atoms with van der Waals surface area (Å²) in [4.78, 5) is 13.2. The molecule has 20 heavy (non-hydrogen) atoms. The molecule has 0 saturated carbocycles. The van der Waals surface area contributed by atoms with E-state index in [1.54, 1.807) is 0 Å². The summed E-state index contributed by atoms with van der Waals surface area (Å²) >= 11 is 0. The van der Waals surface area contributed by atoms with E-state index in [0.29, 0.717) is 18.0 Å². The highest BCUT2D eigenvalue weighted by atomic mass is 19.2. The molecule has 0 radical (unpaired) electrons. The summed E-state index contributed by atoms with van der Waals surface area (Å²) in [5.74, 6) is -1.29. The highest BCUT2D eigenvalue weighted by molar-refractivity contribution is 5.90. The van der Waals surface area contributed by atoms with E-state index in [9.17, 15) is 13.6 Å². The van der Waals surface area contributed by atoms with Crippen LogP contribution in [-0.4, -0.2) is 25.5 Å². The number of benzene rings is 1. The number of carbonyl (C=O) groups is 1. The Morgan fingerprint density at radius 1 is 1.40 bits per heavy atom. The molecular formula is C15H21F2N2O+. The van der Waals surface area contributed by atoms with Crippen molar-refractivity contribution in [2.75, 3.05) is 25.0 Å². The van der Waals surface area contributed by atoms with Crippen molar-refractivity contribution in [2.45, 2.75) is 26.2 Å². The Hall–Kier alpha value is -1.49. The van der Waals surface area contributed by atoms with Crippen LogP contribution in [0.4, 0.5) is 14.5 Å². The number of hydrogen-bond acceptors (Lipinski definition) is 1. The maximum absolute atomic E-state index is 13.0. The number of hydrogen-bond donors (Lipinski definition) is 2. The van der Waals surface area contributed by atoms with Crippen molar-refractivity contribution in [3.05, 3.63) is 29.8 Å². The van der Waals surface area contributed by atoms with E-state index in [4.69, 9.17) is 0 Å². The molecule has 1 aromatic carbocycles. The van der Waals surface area contributed by atoms with Crippen LogP contribution in [0.5, 0.6) is 0 Å². The lowest BCUT2D eigenvalue weighted by atomic mass is 10.0. The fraction of sp³-hybridized carbons (Fsp3) is 0.533. The lowest BCUT2D eigenvalue weighted by molar-refractivity contribution is -0.907. The van der Waals surface area contributed by atoms with E-state index in [1.807, 2.05) is 0 Å². The molecule has 2 rings (SSSR count). The fourth-order valence-corrected chi connectivity index (χ4v) is 2.71. The standard InChI is InChI=1S/C15H20F2N2O/c1-11-3-2-7-19(10-11)8-6-15(20)18-12-4-5-13(16)14(17)9-12/h4-5,9,11H,2-3,6-8,10H2,1H3,(H,18,20)/p+1. The highest BCUT2D eigenvalue weighted by Crippen LogP contribution is 2.13. The average Bonchev–Trinajstić information content (AvgIpc) is 2.41. The van der Waals surface area contributed by atoms with Gasteiger partial charge in [0.15, 0.2) is 11.6 Å². The number of quaternary nitrogens is 1. The maximum Gasteiger partial charge on any atom is 0.230 e. The topological polar surface area (TPSA) is 33.5 Å². The monoisotopic (exact) mass is 283 g/mol. The zero-order chi connectivity index (χ0) is 14.5. The first-order valence-electron chi connectivity index (χ1n) is 7.13. The molecule has 0 spiro atoms. The fourth-order valence-electron chi connectivity index (χ4n) is 2.71. The molecule has 1 heterocycles. The molecule has 2 atom stereocenters. The number of halogens is 2. The minimum absolute atomic E-state index is 0.151. The number of nitrogens with one attached hydrogen (secondary N) is 2. The number of anilines is 1. The summed E-state index contributed by atoms with van der Waals surface area (Å²) in [6, 6.07) is 3.39. The number of amides is 1. The Balaban J connectivity index is 1.78. The van der Waals surface area contributed by atoms with E-state index >= 15 is 0 Å². The molecule has 110 valence electrons. The molecule has 1 amide bonds. The summed E-state index contributed by atoms with van der Waals surface area (Å²) in [6.45, 7) is 5.25. The average molecular weight is 283 g/mol. The molecule has 1 fully saturated rings. The molecule has 2 unspecified atom stereocenters. The predicted molar refractivity (Wildman–Crippen MR) is 73.6 cm³/mol. The van der Waals surface area contributed by atoms with Gasteiger partial charge in [-0.2, -0.15) is 0 Å². The van der Waals surface area contributed by atoms with Gasteiger partial charge >= 0.3 is 0 Å². The highest BCUT2D eigenvalue weighted by Gasteiger charge is 2.20. The number of likely N-dealkylation sites (tertiary alicyclic amines) is 1. The predicted octanol–water partition coefficient (Wildman–Crippen LogP) is 1.61. The normalized spacial score (nSPS) is 22.6. The summed E-state index contributed by atoms with van der Waals surface area (Å²) in [5.41, 5.74) is 0.302. The number of piperidine rings is 1. The molecule has 2 N–H and O–H groups in total. The molecule has 1 aliphatic heterocycles. The number of rotatable bonds is 4. The molecule has 0 bridgehead atoms. The molecule has 3 nitrogen and oxygen atoms in total. The second-order valence-electron chi connectivity index (χ2n) is 5.63. The van der Waals surface area contributed by atoms with Gasteiger partial charge in [0.25, 0.3) is 0 Å². The molecule has 0 aliphatic carbocycles. The van der Waals surface area contributed by atoms with E-state index in [2.05, 4.69) is 12.2 Å². The van der Waals surface area contributed by atoms with Crippen LogP contribution >= 0.6 is 0 Å². The van der Waals surface area contributed by atoms with Gasteiger partial charge in [-0.15, -0.1) is 0 Å². The Morgan fingerprint density at radius 2 is 2.20 bits per heavy atom. The third-order valence-corrected chi connectivity index (χ3v) is 3.77. The first-order chi connectivity index (χ1) is 9.54. The zero-order valence-corrected chi connectivity index (χ0v) is 11.7. The minimum atomic E-state index is -0.946. The number of carbonyl (C=O) groups excluding carboxylic acids is 1. The lowest BCUT2D eigenvalue weighted by Crippen LogP contribution is -3.13. The van der Waals surface area contributed by atoms with Crippen molar-refractivity contribution < 1.29 is 18.5 Å². The summed E-state index contributed by atoms with van der Waals surface area (Å²) < 4.78 is 25.8. The zero-order valence-electron chi connectivity index (χ0n) is 11.7. The van der Waals surface area contributed by atoms with Gasteiger partial charge in [0.05, 0.1) is 26.1 Å². The Morgan fingerprint density at radius 3 is 2.90 bits per heavy atom. The van der Waals surface area contributed by atoms with Gasteiger partial charge in [-0.3, -0.25) is 4.79 Å². The minimum Gasteiger partial charge on any atom is -0.334 e. The van der Waals surface area contributed by atoms with Gasteiger partial charge in [-0.25, -0.2) is 8.78 Å². The SMILES string of the molecule is CC1CCC[NH+](CCC(=O)Nc2ccc(F)c(F)c2)C1. The van der Waals surface area contributed by atoms with Gasteiger partial charge in [0.2, 0.25) is 5.91 Å². The van der Waals surface area contributed by atoms with E-state index in [1.165, 1.54) is 23.8 Å². The Bertz CT molecular complexity index is 479. The molecule has 1 aliphatic rings. The first kappa shape index (κ1) is 14.9. The second kappa shape index (κ2) is 6.79. The smallest absolute Gasteiger partial charge is 0.230 e. The van der Waals surface area contributed by atoms with Crippen LogP contribution in [-0.2, 0) is 4.79 Å². The van der Waals surface area contributed by atoms with Crippen LogP contribution in [0.3, 0.4) is 0 Å². The maximum atomic E-state index is 13.0. The van der Waals surface area contributed by atoms with Crippen LogP contribution in [0, 0.1) is 17.6 Å².